The summed E-state index contributed by atoms with van der Waals surface area (Å²) in [7, 11) is 0. The minimum atomic E-state index is -0.0703. The van der Waals surface area contributed by atoms with Crippen LogP contribution in [0, 0.1) is 5.41 Å². The summed E-state index contributed by atoms with van der Waals surface area (Å²) < 4.78 is 0. The van der Waals surface area contributed by atoms with Crippen molar-refractivity contribution in [2.24, 2.45) is 5.41 Å². The molecule has 1 unspecified atom stereocenters. The maximum atomic E-state index is 9.17. The molecule has 0 aliphatic heterocycles. The second-order valence-electron chi connectivity index (χ2n) is 4.94. The van der Waals surface area contributed by atoms with Crippen molar-refractivity contribution in [3.63, 3.8) is 0 Å². The zero-order valence-electron chi connectivity index (χ0n) is 10.6. The number of nitrogens with zero attached hydrogens (tertiary/aromatic N) is 1. The number of rotatable bonds is 6. The van der Waals surface area contributed by atoms with Gasteiger partial charge in [0.15, 0.2) is 0 Å². The summed E-state index contributed by atoms with van der Waals surface area (Å²) in [5.41, 5.74) is -0.0703. The van der Waals surface area contributed by atoms with E-state index >= 15 is 0 Å². The van der Waals surface area contributed by atoms with Crippen molar-refractivity contribution < 1.29 is 5.11 Å². The van der Waals surface area contributed by atoms with Crippen LogP contribution in [0.5, 0.6) is 0 Å². The number of nitrogens with one attached hydrogen (secondary N) is 1. The monoisotopic (exact) mass is 242 g/mol. The number of aliphatic hydroxyl groups is 1. The summed E-state index contributed by atoms with van der Waals surface area (Å²) in [6, 6.07) is 0.260. The molecular weight excluding hydrogens is 220 g/mol. The lowest BCUT2D eigenvalue weighted by Crippen LogP contribution is -2.33. The SMILES string of the molecule is CCc1cnc(C(C)NCC(C)(C)CO)s1. The molecular formula is C12H22N2OS. The van der Waals surface area contributed by atoms with E-state index in [9.17, 15) is 0 Å². The van der Waals surface area contributed by atoms with Gasteiger partial charge in [0, 0.05) is 29.6 Å². The van der Waals surface area contributed by atoms with E-state index in [1.165, 1.54) is 4.88 Å². The summed E-state index contributed by atoms with van der Waals surface area (Å²) in [6.07, 6.45) is 3.00. The number of thiazole rings is 1. The van der Waals surface area contributed by atoms with Crippen molar-refractivity contribution in [2.75, 3.05) is 13.2 Å². The van der Waals surface area contributed by atoms with E-state index in [1.807, 2.05) is 20.0 Å². The van der Waals surface area contributed by atoms with Gasteiger partial charge in [0.25, 0.3) is 0 Å². The third-order valence-corrected chi connectivity index (χ3v) is 3.93. The lowest BCUT2D eigenvalue weighted by molar-refractivity contribution is 0.154. The standard InChI is InChI=1S/C12H22N2OS/c1-5-10-6-13-11(16-10)9(2)14-7-12(3,4)8-15/h6,9,14-15H,5,7-8H2,1-4H3. The molecule has 1 heterocycles. The molecule has 3 nitrogen and oxygen atoms in total. The highest BCUT2D eigenvalue weighted by Crippen LogP contribution is 2.21. The quantitative estimate of drug-likeness (QED) is 0.805. The van der Waals surface area contributed by atoms with Crippen molar-refractivity contribution in [3.05, 3.63) is 16.1 Å². The molecule has 0 saturated carbocycles. The highest BCUT2D eigenvalue weighted by molar-refractivity contribution is 7.11. The maximum Gasteiger partial charge on any atom is 0.109 e. The first-order valence-electron chi connectivity index (χ1n) is 5.77. The predicted molar refractivity (Wildman–Crippen MR) is 68.8 cm³/mol. The average molecular weight is 242 g/mol. The van der Waals surface area contributed by atoms with E-state index in [1.54, 1.807) is 11.3 Å². The van der Waals surface area contributed by atoms with Crippen molar-refractivity contribution in [2.45, 2.75) is 40.2 Å². The van der Waals surface area contributed by atoms with Crippen LogP contribution in [-0.4, -0.2) is 23.2 Å². The molecule has 4 heteroatoms. The number of aliphatic hydroxyl groups excluding tert-OH is 1. The third-order valence-electron chi connectivity index (χ3n) is 2.61. The molecule has 0 spiro atoms. The second-order valence-corrected chi connectivity index (χ2v) is 6.09. The van der Waals surface area contributed by atoms with E-state index in [4.69, 9.17) is 5.11 Å². The molecule has 0 aliphatic carbocycles. The molecule has 2 N–H and O–H groups in total. The zero-order valence-corrected chi connectivity index (χ0v) is 11.4. The van der Waals surface area contributed by atoms with E-state index in [0.717, 1.165) is 18.0 Å². The van der Waals surface area contributed by atoms with Gasteiger partial charge in [-0.15, -0.1) is 11.3 Å². The van der Waals surface area contributed by atoms with Crippen LogP contribution in [0.25, 0.3) is 0 Å². The Morgan fingerprint density at radius 1 is 1.56 bits per heavy atom. The summed E-state index contributed by atoms with van der Waals surface area (Å²) in [4.78, 5) is 5.73. The maximum absolute atomic E-state index is 9.17. The minimum Gasteiger partial charge on any atom is -0.396 e. The smallest absolute Gasteiger partial charge is 0.109 e. The Morgan fingerprint density at radius 2 is 2.25 bits per heavy atom. The predicted octanol–water partition coefficient (Wildman–Crippen LogP) is 2.37. The van der Waals surface area contributed by atoms with Crippen LogP contribution in [0.15, 0.2) is 6.20 Å². The van der Waals surface area contributed by atoms with Crippen LogP contribution < -0.4 is 5.32 Å². The van der Waals surface area contributed by atoms with E-state index in [-0.39, 0.29) is 18.1 Å². The fraction of sp³-hybridized carbons (Fsp3) is 0.750. The normalized spacial score (nSPS) is 14.1. The molecule has 0 amide bonds. The molecule has 92 valence electrons. The average Bonchev–Trinajstić information content (AvgIpc) is 2.74. The fourth-order valence-electron chi connectivity index (χ4n) is 1.26. The van der Waals surface area contributed by atoms with Crippen LogP contribution >= 0.6 is 11.3 Å². The highest BCUT2D eigenvalue weighted by Gasteiger charge is 2.18. The highest BCUT2D eigenvalue weighted by atomic mass is 32.1. The number of hydrogen-bond acceptors (Lipinski definition) is 4. The Labute approximate surface area is 102 Å². The number of aromatic nitrogens is 1. The van der Waals surface area contributed by atoms with Crippen molar-refractivity contribution >= 4 is 11.3 Å². The first kappa shape index (κ1) is 13.6. The minimum absolute atomic E-state index is 0.0703. The molecule has 0 radical (unpaired) electrons. The van der Waals surface area contributed by atoms with E-state index in [2.05, 4.69) is 24.1 Å². The van der Waals surface area contributed by atoms with Gasteiger partial charge in [-0.05, 0) is 13.3 Å². The van der Waals surface area contributed by atoms with Crippen molar-refractivity contribution in [1.82, 2.24) is 10.3 Å². The molecule has 0 aliphatic rings. The Morgan fingerprint density at radius 3 is 2.75 bits per heavy atom. The van der Waals surface area contributed by atoms with Gasteiger partial charge in [0.05, 0.1) is 6.04 Å². The Hall–Kier alpha value is -0.450. The Balaban J connectivity index is 2.49. The van der Waals surface area contributed by atoms with Crippen LogP contribution in [-0.2, 0) is 6.42 Å². The van der Waals surface area contributed by atoms with Gasteiger partial charge < -0.3 is 10.4 Å². The number of hydrogen-bond donors (Lipinski definition) is 2. The lowest BCUT2D eigenvalue weighted by Gasteiger charge is -2.24. The number of aryl methyl sites for hydroxylation is 1. The topological polar surface area (TPSA) is 45.2 Å². The Kier molecular flexibility index (Phi) is 4.89. The summed E-state index contributed by atoms with van der Waals surface area (Å²) in [5, 5.41) is 13.7. The van der Waals surface area contributed by atoms with Gasteiger partial charge >= 0.3 is 0 Å². The fourth-order valence-corrected chi connectivity index (χ4v) is 2.14. The van der Waals surface area contributed by atoms with Crippen LogP contribution in [0.2, 0.25) is 0 Å². The van der Waals surface area contributed by atoms with Gasteiger partial charge in [0.1, 0.15) is 5.01 Å². The van der Waals surface area contributed by atoms with Gasteiger partial charge in [0.2, 0.25) is 0 Å². The summed E-state index contributed by atoms with van der Waals surface area (Å²) >= 11 is 1.76. The first-order valence-corrected chi connectivity index (χ1v) is 6.59. The van der Waals surface area contributed by atoms with Crippen LogP contribution in [0.4, 0.5) is 0 Å². The third kappa shape index (κ3) is 3.85. The molecule has 1 atom stereocenters. The second kappa shape index (κ2) is 5.75. The Bertz CT molecular complexity index is 323. The lowest BCUT2D eigenvalue weighted by atomic mass is 9.95. The summed E-state index contributed by atoms with van der Waals surface area (Å²) in [6.45, 7) is 9.35. The van der Waals surface area contributed by atoms with Crippen molar-refractivity contribution in [1.29, 1.82) is 0 Å². The van der Waals surface area contributed by atoms with Gasteiger partial charge in [-0.25, -0.2) is 4.98 Å². The van der Waals surface area contributed by atoms with Gasteiger partial charge in [-0.2, -0.15) is 0 Å². The molecule has 0 bridgehead atoms. The first-order chi connectivity index (χ1) is 7.48. The molecule has 0 saturated heterocycles. The molecule has 0 aromatic carbocycles. The largest absolute Gasteiger partial charge is 0.396 e. The van der Waals surface area contributed by atoms with E-state index < -0.39 is 0 Å². The van der Waals surface area contributed by atoms with Crippen LogP contribution in [0.3, 0.4) is 0 Å². The van der Waals surface area contributed by atoms with Crippen molar-refractivity contribution in [3.8, 4) is 0 Å². The van der Waals surface area contributed by atoms with Crippen LogP contribution in [0.1, 0.15) is 43.6 Å². The van der Waals surface area contributed by atoms with E-state index in [0.29, 0.717) is 0 Å². The summed E-state index contributed by atoms with van der Waals surface area (Å²) in [5.74, 6) is 0. The van der Waals surface area contributed by atoms with Gasteiger partial charge in [-0.3, -0.25) is 0 Å². The molecule has 16 heavy (non-hydrogen) atoms. The molecule has 0 fully saturated rings. The molecule has 1 aromatic rings. The zero-order chi connectivity index (χ0) is 12.2. The van der Waals surface area contributed by atoms with Gasteiger partial charge in [-0.1, -0.05) is 20.8 Å². The molecule has 1 rings (SSSR count). The molecule has 1 aromatic heterocycles.